The van der Waals surface area contributed by atoms with E-state index in [0.29, 0.717) is 0 Å². The number of carboxylic acid groups (broad SMARTS) is 2. The second-order valence-electron chi connectivity index (χ2n) is 4.00. The minimum atomic E-state index is -1.42. The molecule has 0 saturated carbocycles. The van der Waals surface area contributed by atoms with Crippen molar-refractivity contribution < 1.29 is 24.6 Å². The number of aliphatic carboxylic acids is 2. The molecule has 0 spiro atoms. The molecule has 2 atom stereocenters. The highest BCUT2D eigenvalue weighted by molar-refractivity contribution is 5.86. The molecule has 104 valence electrons. The second kappa shape index (κ2) is 8.32. The SMILES string of the molecule is CCCC(CC)NC(=O)N[C@H](CC(=O)O)C(=O)O. The molecule has 0 aromatic rings. The van der Waals surface area contributed by atoms with Crippen LogP contribution in [0.1, 0.15) is 39.5 Å². The van der Waals surface area contributed by atoms with E-state index in [0.717, 1.165) is 19.3 Å². The van der Waals surface area contributed by atoms with Gasteiger partial charge in [0.25, 0.3) is 0 Å². The first kappa shape index (κ1) is 16.2. The lowest BCUT2D eigenvalue weighted by Crippen LogP contribution is -2.49. The number of hydrogen-bond donors (Lipinski definition) is 4. The van der Waals surface area contributed by atoms with Gasteiger partial charge in [-0.3, -0.25) is 4.79 Å². The van der Waals surface area contributed by atoms with Gasteiger partial charge in [0.1, 0.15) is 6.04 Å². The minimum absolute atomic E-state index is 0.0331. The molecule has 0 radical (unpaired) electrons. The molecular formula is C11H20N2O5. The topological polar surface area (TPSA) is 116 Å². The van der Waals surface area contributed by atoms with Crippen molar-refractivity contribution in [3.63, 3.8) is 0 Å². The normalized spacial score (nSPS) is 13.4. The van der Waals surface area contributed by atoms with Crippen LogP contribution in [-0.2, 0) is 9.59 Å². The van der Waals surface area contributed by atoms with Crippen LogP contribution in [0.4, 0.5) is 4.79 Å². The zero-order chi connectivity index (χ0) is 14.1. The van der Waals surface area contributed by atoms with E-state index in [2.05, 4.69) is 10.6 Å². The van der Waals surface area contributed by atoms with Crippen molar-refractivity contribution in [1.29, 1.82) is 0 Å². The molecular weight excluding hydrogens is 240 g/mol. The van der Waals surface area contributed by atoms with Crippen LogP contribution >= 0.6 is 0 Å². The summed E-state index contributed by atoms with van der Waals surface area (Å²) in [6.07, 6.45) is 1.78. The standard InChI is InChI=1S/C11H20N2O5/c1-3-5-7(4-2)12-11(18)13-8(10(16)17)6-9(14)15/h7-8H,3-6H2,1-2H3,(H,14,15)(H,16,17)(H2,12,13,18)/t7?,8-/m1/s1. The molecule has 1 unspecified atom stereocenters. The molecule has 0 aromatic carbocycles. The van der Waals surface area contributed by atoms with Crippen molar-refractivity contribution in [3.8, 4) is 0 Å². The van der Waals surface area contributed by atoms with Gasteiger partial charge in [-0.15, -0.1) is 0 Å². The number of carbonyl (C=O) groups excluding carboxylic acids is 1. The Morgan fingerprint density at radius 2 is 1.72 bits per heavy atom. The smallest absolute Gasteiger partial charge is 0.326 e. The molecule has 7 heteroatoms. The lowest BCUT2D eigenvalue weighted by atomic mass is 10.1. The number of carboxylic acids is 2. The number of urea groups is 1. The summed E-state index contributed by atoms with van der Waals surface area (Å²) >= 11 is 0. The lowest BCUT2D eigenvalue weighted by molar-refractivity contribution is -0.145. The van der Waals surface area contributed by atoms with E-state index in [1.807, 2.05) is 13.8 Å². The fourth-order valence-electron chi connectivity index (χ4n) is 1.49. The third kappa shape index (κ3) is 6.72. The van der Waals surface area contributed by atoms with E-state index >= 15 is 0 Å². The summed E-state index contributed by atoms with van der Waals surface area (Å²) in [6, 6.07) is -2.10. The Bertz CT molecular complexity index is 306. The van der Waals surface area contributed by atoms with E-state index in [-0.39, 0.29) is 6.04 Å². The predicted molar refractivity (Wildman–Crippen MR) is 64.3 cm³/mol. The van der Waals surface area contributed by atoms with E-state index in [4.69, 9.17) is 10.2 Å². The zero-order valence-corrected chi connectivity index (χ0v) is 10.6. The first-order valence-corrected chi connectivity index (χ1v) is 5.92. The highest BCUT2D eigenvalue weighted by Crippen LogP contribution is 2.01. The van der Waals surface area contributed by atoms with E-state index in [1.54, 1.807) is 0 Å². The second-order valence-corrected chi connectivity index (χ2v) is 4.00. The van der Waals surface area contributed by atoms with Crippen LogP contribution in [0.3, 0.4) is 0 Å². The molecule has 0 saturated heterocycles. The minimum Gasteiger partial charge on any atom is -0.481 e. The third-order valence-electron chi connectivity index (χ3n) is 2.45. The Labute approximate surface area is 106 Å². The van der Waals surface area contributed by atoms with Gasteiger partial charge < -0.3 is 20.8 Å². The summed E-state index contributed by atoms with van der Waals surface area (Å²) in [5.41, 5.74) is 0. The van der Waals surface area contributed by atoms with Crippen molar-refractivity contribution in [2.45, 2.75) is 51.6 Å². The lowest BCUT2D eigenvalue weighted by Gasteiger charge is -2.18. The van der Waals surface area contributed by atoms with Gasteiger partial charge in [0, 0.05) is 6.04 Å². The molecule has 0 fully saturated rings. The van der Waals surface area contributed by atoms with Gasteiger partial charge in [0.2, 0.25) is 0 Å². The molecule has 0 bridgehead atoms. The predicted octanol–water partition coefficient (Wildman–Crippen LogP) is 0.792. The van der Waals surface area contributed by atoms with Crippen molar-refractivity contribution in [1.82, 2.24) is 10.6 Å². The highest BCUT2D eigenvalue weighted by atomic mass is 16.4. The van der Waals surface area contributed by atoms with Crippen LogP contribution < -0.4 is 10.6 Å². The van der Waals surface area contributed by atoms with Crippen molar-refractivity contribution >= 4 is 18.0 Å². The fraction of sp³-hybridized carbons (Fsp3) is 0.727. The summed E-state index contributed by atoms with van der Waals surface area (Å²) in [4.78, 5) is 32.7. The van der Waals surface area contributed by atoms with Gasteiger partial charge in [-0.25, -0.2) is 9.59 Å². The molecule has 18 heavy (non-hydrogen) atoms. The Kier molecular flexibility index (Phi) is 7.50. The van der Waals surface area contributed by atoms with Gasteiger partial charge in [-0.2, -0.15) is 0 Å². The molecule has 0 rings (SSSR count). The highest BCUT2D eigenvalue weighted by Gasteiger charge is 2.23. The number of rotatable bonds is 8. The van der Waals surface area contributed by atoms with Crippen LogP contribution in [0.5, 0.6) is 0 Å². The number of amides is 2. The van der Waals surface area contributed by atoms with Gasteiger partial charge in [-0.05, 0) is 12.8 Å². The largest absolute Gasteiger partial charge is 0.481 e. The molecule has 4 N–H and O–H groups in total. The summed E-state index contributed by atoms with van der Waals surface area (Å²) in [6.45, 7) is 3.89. The Hall–Kier alpha value is -1.79. The summed E-state index contributed by atoms with van der Waals surface area (Å²) in [7, 11) is 0. The van der Waals surface area contributed by atoms with E-state index < -0.39 is 30.4 Å². The number of nitrogens with one attached hydrogen (secondary N) is 2. The molecule has 0 heterocycles. The average molecular weight is 260 g/mol. The molecule has 0 aliphatic heterocycles. The van der Waals surface area contributed by atoms with Crippen LogP contribution in [-0.4, -0.2) is 40.3 Å². The maximum Gasteiger partial charge on any atom is 0.326 e. The summed E-state index contributed by atoms with van der Waals surface area (Å²) in [5, 5.41) is 22.0. The van der Waals surface area contributed by atoms with Crippen molar-refractivity contribution in [2.24, 2.45) is 0 Å². The Balaban J connectivity index is 4.32. The first-order chi connectivity index (χ1) is 8.40. The van der Waals surface area contributed by atoms with Crippen LogP contribution in [0.2, 0.25) is 0 Å². The van der Waals surface area contributed by atoms with Crippen molar-refractivity contribution in [2.75, 3.05) is 0 Å². The van der Waals surface area contributed by atoms with Gasteiger partial charge in [0.15, 0.2) is 0 Å². The number of carbonyl (C=O) groups is 3. The monoisotopic (exact) mass is 260 g/mol. The molecule has 7 nitrogen and oxygen atoms in total. The zero-order valence-electron chi connectivity index (χ0n) is 10.6. The Morgan fingerprint density at radius 1 is 1.11 bits per heavy atom. The van der Waals surface area contributed by atoms with Crippen molar-refractivity contribution in [3.05, 3.63) is 0 Å². The molecule has 0 aliphatic carbocycles. The van der Waals surface area contributed by atoms with Crippen LogP contribution in [0.15, 0.2) is 0 Å². The van der Waals surface area contributed by atoms with Crippen LogP contribution in [0, 0.1) is 0 Å². The van der Waals surface area contributed by atoms with Gasteiger partial charge in [-0.1, -0.05) is 20.3 Å². The van der Waals surface area contributed by atoms with E-state index in [1.165, 1.54) is 0 Å². The average Bonchev–Trinajstić information content (AvgIpc) is 2.26. The first-order valence-electron chi connectivity index (χ1n) is 5.92. The maximum absolute atomic E-state index is 11.5. The van der Waals surface area contributed by atoms with Crippen LogP contribution in [0.25, 0.3) is 0 Å². The molecule has 2 amide bonds. The Morgan fingerprint density at radius 3 is 2.11 bits per heavy atom. The summed E-state index contributed by atoms with van der Waals surface area (Å²) < 4.78 is 0. The quantitative estimate of drug-likeness (QED) is 0.515. The fourth-order valence-corrected chi connectivity index (χ4v) is 1.49. The van der Waals surface area contributed by atoms with Gasteiger partial charge >= 0.3 is 18.0 Å². The van der Waals surface area contributed by atoms with E-state index in [9.17, 15) is 14.4 Å². The van der Waals surface area contributed by atoms with Gasteiger partial charge in [0.05, 0.1) is 6.42 Å². The third-order valence-corrected chi connectivity index (χ3v) is 2.45. The summed E-state index contributed by atoms with van der Waals surface area (Å²) in [5.74, 6) is -2.64. The molecule has 0 aromatic heterocycles. The number of hydrogen-bond acceptors (Lipinski definition) is 3. The maximum atomic E-state index is 11.5. The molecule has 0 aliphatic rings.